The molecular weight excluding hydrogens is 186 g/mol. The van der Waals surface area contributed by atoms with Gasteiger partial charge in [0.05, 0.1) is 6.61 Å². The second-order valence-electron chi connectivity index (χ2n) is 2.79. The van der Waals surface area contributed by atoms with Crippen LogP contribution in [-0.2, 0) is 6.54 Å². The third-order valence-corrected chi connectivity index (χ3v) is 1.66. The fourth-order valence-electron chi connectivity index (χ4n) is 1.19. The van der Waals surface area contributed by atoms with E-state index in [4.69, 9.17) is 10.5 Å². The summed E-state index contributed by atoms with van der Waals surface area (Å²) in [7, 11) is 0. The molecule has 0 bridgehead atoms. The maximum absolute atomic E-state index is 5.53. The Hall–Kier alpha value is -0.730. The number of benzene rings is 1. The van der Waals surface area contributed by atoms with Crippen LogP contribution in [0, 0.1) is 6.92 Å². The topological polar surface area (TPSA) is 35.2 Å². The van der Waals surface area contributed by atoms with E-state index in [2.05, 4.69) is 6.07 Å². The number of nitrogens with two attached hydrogens (primary N) is 1. The first-order valence-electron chi connectivity index (χ1n) is 4.19. The van der Waals surface area contributed by atoms with E-state index >= 15 is 0 Å². The predicted molar refractivity (Wildman–Crippen MR) is 57.5 cm³/mol. The highest BCUT2D eigenvalue weighted by Gasteiger charge is 1.96. The average Bonchev–Trinajstić information content (AvgIpc) is 2.04. The van der Waals surface area contributed by atoms with Gasteiger partial charge in [0, 0.05) is 6.54 Å². The van der Waals surface area contributed by atoms with E-state index in [9.17, 15) is 0 Å². The number of halogens is 1. The number of rotatable bonds is 3. The standard InChI is InChI=1S/C10H15NO.ClH/c1-3-12-10-5-8(2)4-9(6-10)7-11;/h4-6H,3,7,11H2,1-2H3;1H. The van der Waals surface area contributed by atoms with Crippen molar-refractivity contribution in [1.29, 1.82) is 0 Å². The minimum absolute atomic E-state index is 0. The van der Waals surface area contributed by atoms with Crippen LogP contribution in [0.5, 0.6) is 5.75 Å². The van der Waals surface area contributed by atoms with Crippen LogP contribution in [0.25, 0.3) is 0 Å². The first-order chi connectivity index (χ1) is 5.76. The van der Waals surface area contributed by atoms with Crippen LogP contribution in [0.4, 0.5) is 0 Å². The van der Waals surface area contributed by atoms with Crippen molar-refractivity contribution in [2.24, 2.45) is 5.73 Å². The van der Waals surface area contributed by atoms with Crippen molar-refractivity contribution in [2.75, 3.05) is 6.61 Å². The van der Waals surface area contributed by atoms with Gasteiger partial charge in [0.25, 0.3) is 0 Å². The first-order valence-corrected chi connectivity index (χ1v) is 4.19. The maximum Gasteiger partial charge on any atom is 0.119 e. The zero-order valence-electron chi connectivity index (χ0n) is 8.04. The lowest BCUT2D eigenvalue weighted by Gasteiger charge is -2.06. The predicted octanol–water partition coefficient (Wildman–Crippen LogP) is 2.27. The van der Waals surface area contributed by atoms with Gasteiger partial charge in [0.2, 0.25) is 0 Å². The summed E-state index contributed by atoms with van der Waals surface area (Å²) in [5.74, 6) is 0.915. The molecule has 1 aromatic rings. The van der Waals surface area contributed by atoms with Gasteiger partial charge in [-0.05, 0) is 37.1 Å². The summed E-state index contributed by atoms with van der Waals surface area (Å²) in [5.41, 5.74) is 7.85. The zero-order valence-corrected chi connectivity index (χ0v) is 8.86. The molecule has 0 heterocycles. The molecule has 0 amide bonds. The quantitative estimate of drug-likeness (QED) is 0.815. The van der Waals surface area contributed by atoms with Gasteiger partial charge >= 0.3 is 0 Å². The molecule has 0 unspecified atom stereocenters. The Morgan fingerprint density at radius 3 is 2.54 bits per heavy atom. The van der Waals surface area contributed by atoms with Crippen LogP contribution in [0.15, 0.2) is 18.2 Å². The molecule has 0 aromatic heterocycles. The highest BCUT2D eigenvalue weighted by molar-refractivity contribution is 5.85. The summed E-state index contributed by atoms with van der Waals surface area (Å²) < 4.78 is 5.37. The molecule has 0 radical (unpaired) electrons. The Kier molecular flexibility index (Phi) is 5.51. The van der Waals surface area contributed by atoms with Gasteiger partial charge in [-0.2, -0.15) is 0 Å². The largest absolute Gasteiger partial charge is 0.494 e. The summed E-state index contributed by atoms with van der Waals surface area (Å²) in [6, 6.07) is 6.07. The van der Waals surface area contributed by atoms with E-state index in [1.54, 1.807) is 0 Å². The SMILES string of the molecule is CCOc1cc(C)cc(CN)c1.Cl. The molecule has 2 nitrogen and oxygen atoms in total. The molecule has 0 fully saturated rings. The Morgan fingerprint density at radius 1 is 1.31 bits per heavy atom. The molecule has 0 aliphatic carbocycles. The third-order valence-electron chi connectivity index (χ3n) is 1.66. The van der Waals surface area contributed by atoms with Gasteiger partial charge < -0.3 is 10.5 Å². The monoisotopic (exact) mass is 201 g/mol. The van der Waals surface area contributed by atoms with Gasteiger partial charge in [0.15, 0.2) is 0 Å². The van der Waals surface area contributed by atoms with Crippen molar-refractivity contribution < 1.29 is 4.74 Å². The molecule has 0 aliphatic heterocycles. The Balaban J connectivity index is 0.00000144. The Labute approximate surface area is 85.5 Å². The zero-order chi connectivity index (χ0) is 8.97. The number of hydrogen-bond acceptors (Lipinski definition) is 2. The summed E-state index contributed by atoms with van der Waals surface area (Å²) in [4.78, 5) is 0. The first kappa shape index (κ1) is 12.3. The maximum atomic E-state index is 5.53. The fourth-order valence-corrected chi connectivity index (χ4v) is 1.19. The molecular formula is C10H16ClNO. The Bertz CT molecular complexity index is 263. The Morgan fingerprint density at radius 2 is 2.00 bits per heavy atom. The van der Waals surface area contributed by atoms with Crippen molar-refractivity contribution in [3.05, 3.63) is 29.3 Å². The molecule has 13 heavy (non-hydrogen) atoms. The van der Waals surface area contributed by atoms with E-state index in [-0.39, 0.29) is 12.4 Å². The lowest BCUT2D eigenvalue weighted by atomic mass is 10.1. The van der Waals surface area contributed by atoms with E-state index in [0.29, 0.717) is 13.2 Å². The van der Waals surface area contributed by atoms with Crippen molar-refractivity contribution in [1.82, 2.24) is 0 Å². The van der Waals surface area contributed by atoms with Crippen LogP contribution < -0.4 is 10.5 Å². The highest BCUT2D eigenvalue weighted by atomic mass is 35.5. The van der Waals surface area contributed by atoms with Gasteiger partial charge in [0.1, 0.15) is 5.75 Å². The molecule has 0 atom stereocenters. The van der Waals surface area contributed by atoms with Crippen molar-refractivity contribution in [3.8, 4) is 5.75 Å². The minimum Gasteiger partial charge on any atom is -0.494 e. The van der Waals surface area contributed by atoms with E-state index in [1.165, 1.54) is 5.56 Å². The van der Waals surface area contributed by atoms with Crippen LogP contribution >= 0.6 is 12.4 Å². The summed E-state index contributed by atoms with van der Waals surface area (Å²) in [5, 5.41) is 0. The molecule has 0 saturated carbocycles. The molecule has 3 heteroatoms. The number of hydrogen-bond donors (Lipinski definition) is 1. The molecule has 0 saturated heterocycles. The van der Waals surface area contributed by atoms with Crippen LogP contribution in [-0.4, -0.2) is 6.61 Å². The number of aryl methyl sites for hydroxylation is 1. The normalized spacial score (nSPS) is 9.15. The van der Waals surface area contributed by atoms with E-state index in [0.717, 1.165) is 11.3 Å². The smallest absolute Gasteiger partial charge is 0.119 e. The highest BCUT2D eigenvalue weighted by Crippen LogP contribution is 2.16. The van der Waals surface area contributed by atoms with Crippen molar-refractivity contribution in [2.45, 2.75) is 20.4 Å². The summed E-state index contributed by atoms with van der Waals surface area (Å²) in [6.07, 6.45) is 0. The molecule has 0 aliphatic rings. The average molecular weight is 202 g/mol. The lowest BCUT2D eigenvalue weighted by molar-refractivity contribution is 0.339. The van der Waals surface area contributed by atoms with Crippen LogP contribution in [0.3, 0.4) is 0 Å². The van der Waals surface area contributed by atoms with Gasteiger partial charge in [-0.3, -0.25) is 0 Å². The summed E-state index contributed by atoms with van der Waals surface area (Å²) in [6.45, 7) is 5.29. The van der Waals surface area contributed by atoms with Crippen molar-refractivity contribution >= 4 is 12.4 Å². The molecule has 1 rings (SSSR count). The van der Waals surface area contributed by atoms with E-state index in [1.807, 2.05) is 26.0 Å². The summed E-state index contributed by atoms with van der Waals surface area (Å²) >= 11 is 0. The molecule has 1 aromatic carbocycles. The fraction of sp³-hybridized carbons (Fsp3) is 0.400. The van der Waals surface area contributed by atoms with Crippen LogP contribution in [0.1, 0.15) is 18.1 Å². The van der Waals surface area contributed by atoms with E-state index < -0.39 is 0 Å². The minimum atomic E-state index is 0. The third kappa shape index (κ3) is 3.66. The lowest BCUT2D eigenvalue weighted by Crippen LogP contribution is -1.98. The second-order valence-corrected chi connectivity index (χ2v) is 2.79. The molecule has 2 N–H and O–H groups in total. The van der Waals surface area contributed by atoms with Gasteiger partial charge in [-0.15, -0.1) is 12.4 Å². The van der Waals surface area contributed by atoms with Crippen LogP contribution in [0.2, 0.25) is 0 Å². The second kappa shape index (κ2) is 5.84. The van der Waals surface area contributed by atoms with Crippen molar-refractivity contribution in [3.63, 3.8) is 0 Å². The van der Waals surface area contributed by atoms with Gasteiger partial charge in [-0.25, -0.2) is 0 Å². The van der Waals surface area contributed by atoms with Gasteiger partial charge in [-0.1, -0.05) is 6.07 Å². The molecule has 0 spiro atoms. The molecule has 74 valence electrons. The number of ether oxygens (including phenoxy) is 1.